The predicted octanol–water partition coefficient (Wildman–Crippen LogP) is 3.77. The zero-order valence-electron chi connectivity index (χ0n) is 19.7. The highest BCUT2D eigenvalue weighted by molar-refractivity contribution is 6.02. The Kier molecular flexibility index (Phi) is 8.22. The summed E-state index contributed by atoms with van der Waals surface area (Å²) in [6.07, 6.45) is 3.00. The summed E-state index contributed by atoms with van der Waals surface area (Å²) in [5.41, 5.74) is 3.41. The van der Waals surface area contributed by atoms with Crippen molar-refractivity contribution in [2.45, 2.75) is 39.7 Å². The molecular weight excluding hydrogens is 420 g/mol. The number of carbonyl (C=O) groups is 3. The molecule has 1 fully saturated rings. The molecule has 33 heavy (non-hydrogen) atoms. The highest BCUT2D eigenvalue weighted by Gasteiger charge is 2.36. The van der Waals surface area contributed by atoms with Crippen molar-refractivity contribution in [3.63, 3.8) is 0 Å². The molecule has 0 unspecified atom stereocenters. The first kappa shape index (κ1) is 24.5. The minimum absolute atomic E-state index is 0.147. The zero-order chi connectivity index (χ0) is 23.8. The summed E-state index contributed by atoms with van der Waals surface area (Å²) in [6.45, 7) is 5.73. The molecule has 176 valence electrons. The maximum Gasteiger partial charge on any atom is 0.362 e. The number of rotatable bonds is 8. The summed E-state index contributed by atoms with van der Waals surface area (Å²) in [6, 6.07) is 13.2. The van der Waals surface area contributed by atoms with E-state index in [2.05, 4.69) is 5.32 Å². The second-order valence-corrected chi connectivity index (χ2v) is 8.86. The molecule has 2 aromatic carbocycles. The Hall–Kier alpha value is -3.19. The molecule has 0 radical (unpaired) electrons. The third-order valence-electron chi connectivity index (χ3n) is 6.10. The number of carbonyl (C=O) groups excluding carboxylic acids is 3. The molecule has 2 aromatic rings. The summed E-state index contributed by atoms with van der Waals surface area (Å²) in [7, 11) is 1.32. The van der Waals surface area contributed by atoms with Crippen molar-refractivity contribution in [3.05, 3.63) is 64.7 Å². The van der Waals surface area contributed by atoms with Gasteiger partial charge in [-0.3, -0.25) is 4.79 Å². The standard InChI is InChI=1S/C26H32N2O5/c1-19-14-20(2)25(22(15-19)26(31)32-3)27-23(29)16-28(12-8-5-9-13-28)17-24(30)33-18-21-10-6-4-7-11-21/h4,6-7,10-11,14-15H,5,8-9,12-13,16-18H2,1-3H3/p+1. The van der Waals surface area contributed by atoms with Crippen LogP contribution in [0.15, 0.2) is 42.5 Å². The molecule has 1 saturated heterocycles. The molecule has 0 aliphatic carbocycles. The second kappa shape index (κ2) is 11.1. The first-order valence-corrected chi connectivity index (χ1v) is 11.4. The van der Waals surface area contributed by atoms with Crippen molar-refractivity contribution in [1.29, 1.82) is 0 Å². The largest absolute Gasteiger partial charge is 0.465 e. The average molecular weight is 454 g/mol. The highest BCUT2D eigenvalue weighted by atomic mass is 16.5. The number of nitrogens with zero attached hydrogens (tertiary/aromatic N) is 1. The number of quaternary nitrogens is 1. The Morgan fingerprint density at radius 3 is 2.33 bits per heavy atom. The van der Waals surface area contributed by atoms with Gasteiger partial charge in [0.25, 0.3) is 5.91 Å². The third-order valence-corrected chi connectivity index (χ3v) is 6.10. The van der Waals surface area contributed by atoms with Crippen LogP contribution < -0.4 is 5.32 Å². The number of anilines is 1. The quantitative estimate of drug-likeness (QED) is 0.486. The normalized spacial score (nSPS) is 14.9. The first-order chi connectivity index (χ1) is 15.8. The molecule has 3 rings (SSSR count). The van der Waals surface area contributed by atoms with Crippen LogP contribution in [0, 0.1) is 13.8 Å². The molecule has 1 amide bonds. The summed E-state index contributed by atoms with van der Waals surface area (Å²) < 4.78 is 10.8. The number of benzene rings is 2. The van der Waals surface area contributed by atoms with Crippen LogP contribution in [0.1, 0.15) is 46.3 Å². The minimum atomic E-state index is -0.497. The minimum Gasteiger partial charge on any atom is -0.465 e. The van der Waals surface area contributed by atoms with E-state index in [4.69, 9.17) is 9.47 Å². The molecule has 0 aromatic heterocycles. The molecule has 1 aliphatic rings. The van der Waals surface area contributed by atoms with E-state index in [9.17, 15) is 14.4 Å². The fourth-order valence-corrected chi connectivity index (χ4v) is 4.50. The Bertz CT molecular complexity index is 997. The van der Waals surface area contributed by atoms with Gasteiger partial charge in [0.2, 0.25) is 0 Å². The number of aryl methyl sites for hydroxylation is 2. The Morgan fingerprint density at radius 1 is 0.970 bits per heavy atom. The zero-order valence-corrected chi connectivity index (χ0v) is 19.7. The van der Waals surface area contributed by atoms with Crippen LogP contribution in [-0.2, 0) is 25.7 Å². The Labute approximate surface area is 195 Å². The van der Waals surface area contributed by atoms with E-state index in [1.807, 2.05) is 50.2 Å². The number of piperidine rings is 1. The molecule has 1 heterocycles. The molecular formula is C26H33N2O5+. The van der Waals surface area contributed by atoms with Crippen LogP contribution in [0.5, 0.6) is 0 Å². The van der Waals surface area contributed by atoms with E-state index >= 15 is 0 Å². The fourth-order valence-electron chi connectivity index (χ4n) is 4.50. The van der Waals surface area contributed by atoms with E-state index in [1.165, 1.54) is 7.11 Å². The van der Waals surface area contributed by atoms with Gasteiger partial charge in [0.15, 0.2) is 13.1 Å². The number of likely N-dealkylation sites (tertiary alicyclic amines) is 1. The lowest BCUT2D eigenvalue weighted by Gasteiger charge is -2.40. The van der Waals surface area contributed by atoms with Gasteiger partial charge in [-0.25, -0.2) is 9.59 Å². The SMILES string of the molecule is COC(=O)c1cc(C)cc(C)c1NC(=O)C[N+]1(CC(=O)OCc2ccccc2)CCCCC1. The maximum atomic E-state index is 13.1. The van der Waals surface area contributed by atoms with Gasteiger partial charge >= 0.3 is 11.9 Å². The lowest BCUT2D eigenvalue weighted by Crippen LogP contribution is -2.57. The average Bonchev–Trinajstić information content (AvgIpc) is 2.80. The van der Waals surface area contributed by atoms with Crippen LogP contribution in [0.2, 0.25) is 0 Å². The van der Waals surface area contributed by atoms with E-state index in [1.54, 1.807) is 6.07 Å². The number of hydrogen-bond donors (Lipinski definition) is 1. The summed E-state index contributed by atoms with van der Waals surface area (Å²) >= 11 is 0. The lowest BCUT2D eigenvalue weighted by molar-refractivity contribution is -0.918. The van der Waals surface area contributed by atoms with E-state index in [0.717, 1.165) is 49.0 Å². The van der Waals surface area contributed by atoms with Crippen LogP contribution in [0.4, 0.5) is 5.69 Å². The van der Waals surface area contributed by atoms with Gasteiger partial charge in [-0.2, -0.15) is 0 Å². The monoisotopic (exact) mass is 453 g/mol. The number of methoxy groups -OCH3 is 1. The van der Waals surface area contributed by atoms with E-state index in [-0.39, 0.29) is 31.6 Å². The van der Waals surface area contributed by atoms with E-state index < -0.39 is 5.97 Å². The molecule has 0 spiro atoms. The molecule has 7 heteroatoms. The smallest absolute Gasteiger partial charge is 0.362 e. The topological polar surface area (TPSA) is 81.7 Å². The van der Waals surface area contributed by atoms with Gasteiger partial charge in [-0.05, 0) is 55.9 Å². The van der Waals surface area contributed by atoms with Gasteiger partial charge in [0.05, 0.1) is 31.5 Å². The van der Waals surface area contributed by atoms with Crippen molar-refractivity contribution in [1.82, 2.24) is 0 Å². The molecule has 7 nitrogen and oxygen atoms in total. The molecule has 0 bridgehead atoms. The maximum absolute atomic E-state index is 13.1. The first-order valence-electron chi connectivity index (χ1n) is 11.4. The van der Waals surface area contributed by atoms with Gasteiger partial charge in [0.1, 0.15) is 6.61 Å². The number of amides is 1. The lowest BCUT2D eigenvalue weighted by atomic mass is 10.0. The number of nitrogens with one attached hydrogen (secondary N) is 1. The van der Waals surface area contributed by atoms with Gasteiger partial charge < -0.3 is 19.3 Å². The van der Waals surface area contributed by atoms with E-state index in [0.29, 0.717) is 15.7 Å². The van der Waals surface area contributed by atoms with Crippen molar-refractivity contribution in [2.75, 3.05) is 38.6 Å². The summed E-state index contributed by atoms with van der Waals surface area (Å²) in [4.78, 5) is 38.1. The van der Waals surface area contributed by atoms with Crippen molar-refractivity contribution in [3.8, 4) is 0 Å². The number of hydrogen-bond acceptors (Lipinski definition) is 5. The summed E-state index contributed by atoms with van der Waals surface area (Å²) in [5.74, 6) is -1.04. The summed E-state index contributed by atoms with van der Waals surface area (Å²) in [5, 5.41) is 2.92. The van der Waals surface area contributed by atoms with Crippen LogP contribution in [0.3, 0.4) is 0 Å². The third kappa shape index (κ3) is 6.65. The molecule has 1 aliphatic heterocycles. The number of ether oxygens (including phenoxy) is 2. The van der Waals surface area contributed by atoms with Gasteiger partial charge in [-0.1, -0.05) is 36.4 Å². The molecule has 1 N–H and O–H groups in total. The van der Waals surface area contributed by atoms with Gasteiger partial charge in [-0.15, -0.1) is 0 Å². The van der Waals surface area contributed by atoms with Crippen LogP contribution in [-0.4, -0.2) is 55.6 Å². The van der Waals surface area contributed by atoms with Crippen molar-refractivity contribution >= 4 is 23.5 Å². The van der Waals surface area contributed by atoms with Crippen molar-refractivity contribution in [2.24, 2.45) is 0 Å². The number of esters is 2. The molecule has 0 saturated carbocycles. The Balaban J connectivity index is 1.71. The van der Waals surface area contributed by atoms with Gasteiger partial charge in [0, 0.05) is 0 Å². The Morgan fingerprint density at radius 2 is 1.67 bits per heavy atom. The van der Waals surface area contributed by atoms with Crippen LogP contribution >= 0.6 is 0 Å². The molecule has 0 atom stereocenters. The highest BCUT2D eigenvalue weighted by Crippen LogP contribution is 2.25. The van der Waals surface area contributed by atoms with Crippen molar-refractivity contribution < 1.29 is 28.3 Å². The second-order valence-electron chi connectivity index (χ2n) is 8.86. The predicted molar refractivity (Wildman–Crippen MR) is 126 cm³/mol. The van der Waals surface area contributed by atoms with Crippen LogP contribution in [0.25, 0.3) is 0 Å². The fraction of sp³-hybridized carbons (Fsp3) is 0.423.